The normalized spacial score (nSPS) is 13.3. The van der Waals surface area contributed by atoms with Gasteiger partial charge in [0.1, 0.15) is 0 Å². The third-order valence-electron chi connectivity index (χ3n) is 3.99. The smallest absolute Gasteiger partial charge is 0.315 e. The fraction of sp³-hybridized carbons (Fsp3) is 0.444. The molecule has 3 N–H and O–H groups in total. The maximum atomic E-state index is 12.0. The van der Waals surface area contributed by atoms with Crippen LogP contribution in [0.5, 0.6) is 0 Å². The van der Waals surface area contributed by atoms with E-state index in [-0.39, 0.29) is 12.1 Å². The Labute approximate surface area is 142 Å². The maximum absolute atomic E-state index is 12.0. The summed E-state index contributed by atoms with van der Waals surface area (Å²) in [5.41, 5.74) is 3.03. The van der Waals surface area contributed by atoms with Gasteiger partial charge in [0.15, 0.2) is 0 Å². The minimum atomic E-state index is -0.636. The number of aliphatic hydroxyl groups excluding tert-OH is 1. The number of nitrogens with zero attached hydrogens (tertiary/aromatic N) is 2. The van der Waals surface area contributed by atoms with Crippen molar-refractivity contribution in [2.24, 2.45) is 7.05 Å². The fourth-order valence-electron chi connectivity index (χ4n) is 2.59. The topological polar surface area (TPSA) is 79.2 Å². The predicted molar refractivity (Wildman–Crippen MR) is 93.6 cm³/mol. The second-order valence-corrected chi connectivity index (χ2v) is 6.00. The van der Waals surface area contributed by atoms with Gasteiger partial charge in [-0.05, 0) is 18.9 Å². The number of carbonyl (C=O) groups is 1. The number of benzene rings is 1. The molecular weight excluding hydrogens is 304 g/mol. The monoisotopic (exact) mass is 330 g/mol. The van der Waals surface area contributed by atoms with Crippen LogP contribution in [-0.4, -0.2) is 33.1 Å². The minimum absolute atomic E-state index is 0.291. The summed E-state index contributed by atoms with van der Waals surface area (Å²) in [5, 5.41) is 20.2. The lowest BCUT2D eigenvalue weighted by Gasteiger charge is -2.20. The summed E-state index contributed by atoms with van der Waals surface area (Å²) in [4.78, 5) is 12.0. The molecule has 1 aromatic carbocycles. The van der Waals surface area contributed by atoms with Crippen molar-refractivity contribution in [2.75, 3.05) is 0 Å². The number of hydrogen-bond acceptors (Lipinski definition) is 3. The quantitative estimate of drug-likeness (QED) is 0.724. The van der Waals surface area contributed by atoms with Crippen molar-refractivity contribution in [2.45, 2.75) is 45.4 Å². The SMILES string of the molecule is CCc1nn(C)cc1CNC(=O)NC(C)C(O)Cc1ccccc1. The summed E-state index contributed by atoms with van der Waals surface area (Å²) in [6.07, 6.45) is 2.60. The molecule has 1 heterocycles. The fourth-order valence-corrected chi connectivity index (χ4v) is 2.59. The van der Waals surface area contributed by atoms with Crippen molar-refractivity contribution >= 4 is 6.03 Å². The average molecular weight is 330 g/mol. The number of urea groups is 1. The zero-order chi connectivity index (χ0) is 17.5. The largest absolute Gasteiger partial charge is 0.391 e. The average Bonchev–Trinajstić information content (AvgIpc) is 2.93. The zero-order valence-corrected chi connectivity index (χ0v) is 14.5. The highest BCUT2D eigenvalue weighted by Crippen LogP contribution is 2.07. The number of rotatable bonds is 7. The van der Waals surface area contributed by atoms with Gasteiger partial charge >= 0.3 is 6.03 Å². The molecule has 2 aromatic rings. The second kappa shape index (κ2) is 8.49. The van der Waals surface area contributed by atoms with Gasteiger partial charge in [0.05, 0.1) is 17.8 Å². The molecule has 0 radical (unpaired) electrons. The van der Waals surface area contributed by atoms with Gasteiger partial charge in [-0.3, -0.25) is 4.68 Å². The lowest BCUT2D eigenvalue weighted by molar-refractivity contribution is 0.136. The molecule has 130 valence electrons. The van der Waals surface area contributed by atoms with Crippen molar-refractivity contribution in [3.63, 3.8) is 0 Å². The molecular formula is C18H26N4O2. The third-order valence-corrected chi connectivity index (χ3v) is 3.99. The summed E-state index contributed by atoms with van der Waals surface area (Å²) in [6.45, 7) is 4.26. The zero-order valence-electron chi connectivity index (χ0n) is 14.5. The summed E-state index contributed by atoms with van der Waals surface area (Å²) >= 11 is 0. The van der Waals surface area contributed by atoms with Crippen molar-refractivity contribution in [1.82, 2.24) is 20.4 Å². The number of aliphatic hydroxyl groups is 1. The number of aromatic nitrogens is 2. The summed E-state index contributed by atoms with van der Waals surface area (Å²) < 4.78 is 1.75. The Kier molecular flexibility index (Phi) is 6.37. The molecule has 24 heavy (non-hydrogen) atoms. The number of hydrogen-bond donors (Lipinski definition) is 3. The third kappa shape index (κ3) is 5.09. The minimum Gasteiger partial charge on any atom is -0.391 e. The van der Waals surface area contributed by atoms with Gasteiger partial charge in [-0.25, -0.2) is 4.79 Å². The van der Waals surface area contributed by atoms with Crippen LogP contribution < -0.4 is 10.6 Å². The molecule has 0 bridgehead atoms. The van der Waals surface area contributed by atoms with Gasteiger partial charge in [0, 0.05) is 31.8 Å². The Morgan fingerprint density at radius 3 is 2.71 bits per heavy atom. The van der Waals surface area contributed by atoms with Gasteiger partial charge in [-0.15, -0.1) is 0 Å². The van der Waals surface area contributed by atoms with E-state index in [2.05, 4.69) is 15.7 Å². The van der Waals surface area contributed by atoms with Crippen LogP contribution in [0.4, 0.5) is 4.79 Å². The van der Waals surface area contributed by atoms with Crippen LogP contribution in [0.25, 0.3) is 0 Å². The van der Waals surface area contributed by atoms with Crippen LogP contribution in [-0.2, 0) is 26.4 Å². The molecule has 2 amide bonds. The number of nitrogens with one attached hydrogen (secondary N) is 2. The van der Waals surface area contributed by atoms with Crippen molar-refractivity contribution in [3.05, 3.63) is 53.3 Å². The van der Waals surface area contributed by atoms with E-state index in [4.69, 9.17) is 0 Å². The Bertz CT molecular complexity index is 654. The molecule has 1 aromatic heterocycles. The number of aryl methyl sites for hydroxylation is 2. The molecule has 0 aliphatic carbocycles. The van der Waals surface area contributed by atoms with Crippen LogP contribution >= 0.6 is 0 Å². The Morgan fingerprint density at radius 2 is 2.04 bits per heavy atom. The van der Waals surface area contributed by atoms with Crippen molar-refractivity contribution in [1.29, 1.82) is 0 Å². The standard InChI is InChI=1S/C18H26N4O2/c1-4-16-15(12-22(3)21-16)11-19-18(24)20-13(2)17(23)10-14-8-6-5-7-9-14/h5-9,12-13,17,23H,4,10-11H2,1-3H3,(H2,19,20,24). The molecule has 0 aliphatic rings. The van der Waals surface area contributed by atoms with E-state index in [0.29, 0.717) is 13.0 Å². The first-order valence-corrected chi connectivity index (χ1v) is 8.27. The second-order valence-electron chi connectivity index (χ2n) is 6.00. The molecule has 2 unspecified atom stereocenters. The summed E-state index contributed by atoms with van der Waals surface area (Å²) in [6, 6.07) is 9.10. The molecule has 0 aliphatic heterocycles. The van der Waals surface area contributed by atoms with Gasteiger partial charge < -0.3 is 15.7 Å². The first-order valence-electron chi connectivity index (χ1n) is 8.27. The molecule has 2 atom stereocenters. The van der Waals surface area contributed by atoms with Gasteiger partial charge in [-0.2, -0.15) is 5.10 Å². The number of amides is 2. The van der Waals surface area contributed by atoms with Gasteiger partial charge in [0.2, 0.25) is 0 Å². The highest BCUT2D eigenvalue weighted by Gasteiger charge is 2.17. The Balaban J connectivity index is 1.80. The molecule has 0 spiro atoms. The van der Waals surface area contributed by atoms with Gasteiger partial charge in [0.25, 0.3) is 0 Å². The summed E-state index contributed by atoms with van der Waals surface area (Å²) in [7, 11) is 1.87. The van der Waals surface area contributed by atoms with Crippen LogP contribution in [0, 0.1) is 0 Å². The van der Waals surface area contributed by atoms with Crippen molar-refractivity contribution < 1.29 is 9.90 Å². The Morgan fingerprint density at radius 1 is 1.33 bits per heavy atom. The van der Waals surface area contributed by atoms with Crippen LogP contribution in [0.3, 0.4) is 0 Å². The van der Waals surface area contributed by atoms with E-state index in [1.807, 2.05) is 50.5 Å². The van der Waals surface area contributed by atoms with Crippen LogP contribution in [0.1, 0.15) is 30.7 Å². The van der Waals surface area contributed by atoms with Crippen molar-refractivity contribution in [3.8, 4) is 0 Å². The van der Waals surface area contributed by atoms with Gasteiger partial charge in [-0.1, -0.05) is 37.3 Å². The molecule has 0 saturated carbocycles. The first kappa shape index (κ1) is 18.0. The van der Waals surface area contributed by atoms with Crippen LogP contribution in [0.15, 0.2) is 36.5 Å². The highest BCUT2D eigenvalue weighted by molar-refractivity contribution is 5.74. The predicted octanol–water partition coefficient (Wildman–Crippen LogP) is 1.77. The maximum Gasteiger partial charge on any atom is 0.315 e. The van der Waals surface area contributed by atoms with E-state index in [1.165, 1.54) is 0 Å². The molecule has 6 nitrogen and oxygen atoms in total. The van der Waals surface area contributed by atoms with E-state index >= 15 is 0 Å². The van der Waals surface area contributed by atoms with E-state index < -0.39 is 6.10 Å². The van der Waals surface area contributed by atoms with E-state index in [1.54, 1.807) is 11.6 Å². The molecule has 2 rings (SSSR count). The lowest BCUT2D eigenvalue weighted by Crippen LogP contribution is -2.46. The van der Waals surface area contributed by atoms with E-state index in [9.17, 15) is 9.90 Å². The van der Waals surface area contributed by atoms with E-state index in [0.717, 1.165) is 23.2 Å². The number of carbonyl (C=O) groups excluding carboxylic acids is 1. The molecule has 0 fully saturated rings. The highest BCUT2D eigenvalue weighted by atomic mass is 16.3. The van der Waals surface area contributed by atoms with Crippen LogP contribution in [0.2, 0.25) is 0 Å². The molecule has 6 heteroatoms. The molecule has 0 saturated heterocycles. The first-order chi connectivity index (χ1) is 11.5. The summed E-state index contributed by atoms with van der Waals surface area (Å²) in [5.74, 6) is 0. The lowest BCUT2D eigenvalue weighted by atomic mass is 10.0. The Hall–Kier alpha value is -2.34.